The Balaban J connectivity index is 2.36. The first-order valence-corrected chi connectivity index (χ1v) is 9.24. The second kappa shape index (κ2) is 7.13. The molecule has 21 heavy (non-hydrogen) atoms. The van der Waals surface area contributed by atoms with Crippen molar-refractivity contribution in [2.24, 2.45) is 23.0 Å². The standard InChI is InChI=1S/C20H35N/c1-4-12-17(3)19(15-10-7-11-16-19)20(21,5-2)18-13-8-6-9-14-18/h7,10-11,15,17-18H,4-6,8-9,12-14,16,21H2,1-3H3. The van der Waals surface area contributed by atoms with Crippen molar-refractivity contribution in [1.29, 1.82) is 0 Å². The minimum Gasteiger partial charge on any atom is -0.324 e. The Labute approximate surface area is 132 Å². The van der Waals surface area contributed by atoms with Crippen LogP contribution in [0.25, 0.3) is 0 Å². The molecule has 0 aliphatic heterocycles. The van der Waals surface area contributed by atoms with Gasteiger partial charge in [0.2, 0.25) is 0 Å². The van der Waals surface area contributed by atoms with E-state index in [9.17, 15) is 0 Å². The highest BCUT2D eigenvalue weighted by Gasteiger charge is 2.52. The van der Waals surface area contributed by atoms with E-state index in [4.69, 9.17) is 5.73 Å². The van der Waals surface area contributed by atoms with E-state index in [1.165, 1.54) is 44.9 Å². The summed E-state index contributed by atoms with van der Waals surface area (Å²) in [5, 5.41) is 0. The molecule has 2 N–H and O–H groups in total. The van der Waals surface area contributed by atoms with Crippen molar-refractivity contribution in [1.82, 2.24) is 0 Å². The maximum atomic E-state index is 7.23. The van der Waals surface area contributed by atoms with Crippen molar-refractivity contribution in [3.05, 3.63) is 24.3 Å². The Hall–Kier alpha value is -0.560. The van der Waals surface area contributed by atoms with Crippen molar-refractivity contribution in [2.75, 3.05) is 0 Å². The van der Waals surface area contributed by atoms with Crippen LogP contribution in [0.4, 0.5) is 0 Å². The first-order chi connectivity index (χ1) is 10.1. The van der Waals surface area contributed by atoms with Crippen molar-refractivity contribution in [2.45, 2.75) is 84.1 Å². The van der Waals surface area contributed by atoms with Crippen LogP contribution in [0.15, 0.2) is 24.3 Å². The molecule has 1 fully saturated rings. The van der Waals surface area contributed by atoms with Crippen molar-refractivity contribution in [3.8, 4) is 0 Å². The van der Waals surface area contributed by atoms with Gasteiger partial charge in [0.05, 0.1) is 0 Å². The van der Waals surface area contributed by atoms with E-state index < -0.39 is 0 Å². The molecule has 0 aromatic carbocycles. The molecular weight excluding hydrogens is 254 g/mol. The Bertz CT molecular complexity index is 377. The fourth-order valence-electron chi connectivity index (χ4n) is 5.11. The summed E-state index contributed by atoms with van der Waals surface area (Å²) in [4.78, 5) is 0. The third kappa shape index (κ3) is 2.99. The lowest BCUT2D eigenvalue weighted by Gasteiger charge is -2.55. The zero-order valence-electron chi connectivity index (χ0n) is 14.4. The van der Waals surface area contributed by atoms with E-state index in [2.05, 4.69) is 45.1 Å². The molecule has 0 bridgehead atoms. The lowest BCUT2D eigenvalue weighted by Crippen LogP contribution is -2.62. The summed E-state index contributed by atoms with van der Waals surface area (Å²) in [5.74, 6) is 1.36. The summed E-state index contributed by atoms with van der Waals surface area (Å²) in [5.41, 5.74) is 7.35. The summed E-state index contributed by atoms with van der Waals surface area (Å²) in [6, 6.07) is 0. The molecule has 0 spiro atoms. The van der Waals surface area contributed by atoms with Crippen LogP contribution in [-0.4, -0.2) is 5.54 Å². The molecule has 1 nitrogen and oxygen atoms in total. The van der Waals surface area contributed by atoms with Gasteiger partial charge in [-0.1, -0.05) is 77.2 Å². The van der Waals surface area contributed by atoms with Gasteiger partial charge in [-0.05, 0) is 37.5 Å². The quantitative estimate of drug-likeness (QED) is 0.675. The van der Waals surface area contributed by atoms with Crippen LogP contribution in [-0.2, 0) is 0 Å². The van der Waals surface area contributed by atoms with Crippen LogP contribution in [0.2, 0.25) is 0 Å². The van der Waals surface area contributed by atoms with Crippen LogP contribution in [0, 0.1) is 17.3 Å². The summed E-state index contributed by atoms with van der Waals surface area (Å²) < 4.78 is 0. The third-order valence-corrected chi connectivity index (χ3v) is 6.48. The second-order valence-corrected chi connectivity index (χ2v) is 7.45. The molecule has 0 heterocycles. The highest BCUT2D eigenvalue weighted by Crippen LogP contribution is 2.53. The van der Waals surface area contributed by atoms with Crippen molar-refractivity contribution >= 4 is 0 Å². The maximum Gasteiger partial charge on any atom is 0.0278 e. The van der Waals surface area contributed by atoms with Gasteiger partial charge in [-0.2, -0.15) is 0 Å². The Morgan fingerprint density at radius 3 is 2.43 bits per heavy atom. The predicted molar refractivity (Wildman–Crippen MR) is 93.2 cm³/mol. The summed E-state index contributed by atoms with van der Waals surface area (Å²) in [6.45, 7) is 7.06. The number of hydrogen-bond acceptors (Lipinski definition) is 1. The smallest absolute Gasteiger partial charge is 0.0278 e. The van der Waals surface area contributed by atoms with Gasteiger partial charge in [-0.15, -0.1) is 0 Å². The van der Waals surface area contributed by atoms with Crippen LogP contribution < -0.4 is 5.73 Å². The molecule has 2 rings (SSSR count). The lowest BCUT2D eigenvalue weighted by atomic mass is 9.52. The summed E-state index contributed by atoms with van der Waals surface area (Å²) in [7, 11) is 0. The van der Waals surface area contributed by atoms with Crippen LogP contribution in [0.1, 0.15) is 78.6 Å². The zero-order chi connectivity index (χ0) is 15.3. The highest BCUT2D eigenvalue weighted by molar-refractivity contribution is 5.25. The third-order valence-electron chi connectivity index (χ3n) is 6.48. The molecule has 3 atom stereocenters. The first-order valence-electron chi connectivity index (χ1n) is 9.24. The van der Waals surface area contributed by atoms with E-state index in [0.717, 1.165) is 12.8 Å². The van der Waals surface area contributed by atoms with Gasteiger partial charge in [0, 0.05) is 11.0 Å². The topological polar surface area (TPSA) is 26.0 Å². The van der Waals surface area contributed by atoms with Gasteiger partial charge in [0.15, 0.2) is 0 Å². The SMILES string of the molecule is CCCC(C)C1(C(N)(CC)C2CCCCC2)C=CC=CC1. The molecule has 2 aliphatic rings. The van der Waals surface area contributed by atoms with E-state index >= 15 is 0 Å². The molecule has 0 aromatic rings. The van der Waals surface area contributed by atoms with Gasteiger partial charge in [-0.25, -0.2) is 0 Å². The first kappa shape index (κ1) is 16.8. The molecule has 0 aromatic heterocycles. The maximum absolute atomic E-state index is 7.23. The van der Waals surface area contributed by atoms with Crippen LogP contribution >= 0.6 is 0 Å². The Kier molecular flexibility index (Phi) is 5.71. The monoisotopic (exact) mass is 289 g/mol. The fraction of sp³-hybridized carbons (Fsp3) is 0.800. The Morgan fingerprint density at radius 2 is 1.90 bits per heavy atom. The van der Waals surface area contributed by atoms with Crippen molar-refractivity contribution < 1.29 is 0 Å². The van der Waals surface area contributed by atoms with Crippen LogP contribution in [0.3, 0.4) is 0 Å². The molecule has 2 aliphatic carbocycles. The lowest BCUT2D eigenvalue weighted by molar-refractivity contribution is 0.0292. The van der Waals surface area contributed by atoms with E-state index in [1.807, 2.05) is 0 Å². The number of hydrogen-bond donors (Lipinski definition) is 1. The minimum absolute atomic E-state index is 0.0384. The van der Waals surface area contributed by atoms with Crippen molar-refractivity contribution in [3.63, 3.8) is 0 Å². The van der Waals surface area contributed by atoms with E-state index in [1.54, 1.807) is 0 Å². The predicted octanol–water partition coefficient (Wildman–Crippen LogP) is 5.61. The fourth-order valence-corrected chi connectivity index (χ4v) is 5.11. The summed E-state index contributed by atoms with van der Waals surface area (Å²) >= 11 is 0. The zero-order valence-corrected chi connectivity index (χ0v) is 14.4. The number of nitrogens with two attached hydrogens (primary N) is 1. The average Bonchev–Trinajstić information content (AvgIpc) is 2.55. The summed E-state index contributed by atoms with van der Waals surface area (Å²) in [6.07, 6.45) is 20.9. The molecule has 1 saturated carbocycles. The molecule has 0 amide bonds. The molecular formula is C20H35N. The molecule has 1 heteroatoms. The highest BCUT2D eigenvalue weighted by atomic mass is 14.8. The van der Waals surface area contributed by atoms with Gasteiger partial charge in [0.1, 0.15) is 0 Å². The molecule has 3 unspecified atom stereocenters. The van der Waals surface area contributed by atoms with Crippen LogP contribution in [0.5, 0.6) is 0 Å². The molecule has 120 valence electrons. The average molecular weight is 290 g/mol. The number of allylic oxidation sites excluding steroid dienone is 3. The molecule has 0 radical (unpaired) electrons. The van der Waals surface area contributed by atoms with Gasteiger partial charge < -0.3 is 5.73 Å². The molecule has 0 saturated heterocycles. The van der Waals surface area contributed by atoms with Gasteiger partial charge >= 0.3 is 0 Å². The second-order valence-electron chi connectivity index (χ2n) is 7.45. The van der Waals surface area contributed by atoms with E-state index in [-0.39, 0.29) is 11.0 Å². The van der Waals surface area contributed by atoms with E-state index in [0.29, 0.717) is 11.8 Å². The van der Waals surface area contributed by atoms with Gasteiger partial charge in [0.25, 0.3) is 0 Å². The number of rotatable bonds is 6. The minimum atomic E-state index is -0.0384. The largest absolute Gasteiger partial charge is 0.324 e. The normalized spacial score (nSPS) is 31.0. The van der Waals surface area contributed by atoms with Gasteiger partial charge in [-0.3, -0.25) is 0 Å². The Morgan fingerprint density at radius 1 is 1.19 bits per heavy atom.